The zero-order chi connectivity index (χ0) is 15.6. The molecule has 0 amide bonds. The predicted octanol–water partition coefficient (Wildman–Crippen LogP) is 4.76. The van der Waals surface area contributed by atoms with Crippen LogP contribution < -0.4 is 4.74 Å². The van der Waals surface area contributed by atoms with Crippen LogP contribution in [0.5, 0.6) is 5.75 Å². The Bertz CT molecular complexity index is 543. The van der Waals surface area contributed by atoms with Gasteiger partial charge in [0.15, 0.2) is 5.78 Å². The Morgan fingerprint density at radius 2 is 1.86 bits per heavy atom. The first kappa shape index (κ1) is 16.3. The maximum absolute atomic E-state index is 12.5. The van der Waals surface area contributed by atoms with Crippen molar-refractivity contribution >= 4 is 31.5 Å². The normalized spacial score (nSPS) is 25.2. The number of carbonyl (C=O) groups excluding carboxylic acids is 1. The molecule has 0 heterocycles. The first-order valence-electron chi connectivity index (χ1n) is 7.36. The highest BCUT2D eigenvalue weighted by atomic mass is 35.5. The number of ether oxygens (including phenoxy) is 1. The maximum Gasteiger partial charge on any atom is 0.176 e. The van der Waals surface area contributed by atoms with Gasteiger partial charge >= 0.3 is 0 Å². The third-order valence-electron chi connectivity index (χ3n) is 4.21. The Labute approximate surface area is 133 Å². The molecule has 0 aliphatic heterocycles. The van der Waals surface area contributed by atoms with Crippen molar-refractivity contribution in [3.8, 4) is 5.75 Å². The fourth-order valence-corrected chi connectivity index (χ4v) is 6.30. The van der Waals surface area contributed by atoms with Gasteiger partial charge in [0, 0.05) is 8.07 Å². The monoisotopic (exact) mass is 322 g/mol. The number of rotatable bonds is 3. The van der Waals surface area contributed by atoms with Gasteiger partial charge in [0.05, 0.1) is 12.5 Å². The summed E-state index contributed by atoms with van der Waals surface area (Å²) in [6, 6.07) is 7.74. The minimum Gasteiger partial charge on any atom is -0.497 e. The highest BCUT2D eigenvalue weighted by Gasteiger charge is 2.40. The minimum atomic E-state index is -1.39. The molecule has 0 aromatic heterocycles. The van der Waals surface area contributed by atoms with Crippen LogP contribution in [0.25, 0.3) is 6.08 Å². The molecular weight excluding hydrogens is 300 g/mol. The number of hydrogen-bond donors (Lipinski definition) is 0. The van der Waals surface area contributed by atoms with Gasteiger partial charge in [0.2, 0.25) is 0 Å². The van der Waals surface area contributed by atoms with Crippen LogP contribution in [0.15, 0.2) is 29.8 Å². The van der Waals surface area contributed by atoms with E-state index >= 15 is 0 Å². The van der Waals surface area contributed by atoms with Gasteiger partial charge < -0.3 is 4.74 Å². The lowest BCUT2D eigenvalue weighted by molar-refractivity contribution is -0.116. The molecule has 0 bridgehead atoms. The Kier molecular flexibility index (Phi) is 4.94. The fourth-order valence-electron chi connectivity index (χ4n) is 2.86. The average molecular weight is 323 g/mol. The number of methoxy groups -OCH3 is 1. The molecule has 2 rings (SSSR count). The van der Waals surface area contributed by atoms with E-state index < -0.39 is 8.07 Å². The second-order valence-electron chi connectivity index (χ2n) is 6.72. The Morgan fingerprint density at radius 1 is 1.24 bits per heavy atom. The first-order valence-corrected chi connectivity index (χ1v) is 11.4. The summed E-state index contributed by atoms with van der Waals surface area (Å²) in [7, 11) is 0.254. The van der Waals surface area contributed by atoms with Gasteiger partial charge in [0.25, 0.3) is 0 Å². The topological polar surface area (TPSA) is 26.3 Å². The van der Waals surface area contributed by atoms with Crippen molar-refractivity contribution in [2.75, 3.05) is 7.11 Å². The van der Waals surface area contributed by atoms with Crippen molar-refractivity contribution in [1.29, 1.82) is 0 Å². The highest BCUT2D eigenvalue weighted by Crippen LogP contribution is 2.41. The molecule has 0 N–H and O–H groups in total. The molecule has 1 saturated carbocycles. The van der Waals surface area contributed by atoms with Crippen molar-refractivity contribution in [2.45, 2.75) is 43.4 Å². The molecule has 4 heteroatoms. The molecule has 114 valence electrons. The molecule has 0 radical (unpaired) electrons. The van der Waals surface area contributed by atoms with Crippen LogP contribution in [0.4, 0.5) is 0 Å². The molecule has 21 heavy (non-hydrogen) atoms. The van der Waals surface area contributed by atoms with Gasteiger partial charge in [-0.1, -0.05) is 31.8 Å². The third-order valence-corrected chi connectivity index (χ3v) is 7.77. The standard InChI is InChI=1S/C17H23ClO2Si/c1-20-14-8-5-12(6-9-14)11-13-7-10-15(21(2,3)4)16(18)17(13)19/h5-6,8-9,11,15-16H,7,10H2,1-4H3. The quantitative estimate of drug-likeness (QED) is 0.455. The van der Waals surface area contributed by atoms with Crippen molar-refractivity contribution < 1.29 is 9.53 Å². The molecular formula is C17H23ClO2Si. The fraction of sp³-hybridized carbons (Fsp3) is 0.471. The number of alkyl halides is 1. The van der Waals surface area contributed by atoms with E-state index in [1.165, 1.54) is 0 Å². The lowest BCUT2D eigenvalue weighted by Gasteiger charge is -2.36. The molecule has 1 aromatic carbocycles. The lowest BCUT2D eigenvalue weighted by atomic mass is 9.91. The third kappa shape index (κ3) is 3.77. The van der Waals surface area contributed by atoms with E-state index in [9.17, 15) is 4.79 Å². The summed E-state index contributed by atoms with van der Waals surface area (Å²) < 4.78 is 5.14. The largest absolute Gasteiger partial charge is 0.497 e. The van der Waals surface area contributed by atoms with Crippen LogP contribution in [-0.4, -0.2) is 26.3 Å². The summed E-state index contributed by atoms with van der Waals surface area (Å²) >= 11 is 6.45. The molecule has 1 fully saturated rings. The van der Waals surface area contributed by atoms with Gasteiger partial charge in [-0.25, -0.2) is 0 Å². The number of halogens is 1. The van der Waals surface area contributed by atoms with Gasteiger partial charge in [-0.15, -0.1) is 11.6 Å². The summed E-state index contributed by atoms with van der Waals surface area (Å²) in [5, 5.41) is -0.352. The van der Waals surface area contributed by atoms with Crippen LogP contribution in [0.1, 0.15) is 18.4 Å². The van der Waals surface area contributed by atoms with E-state index in [0.717, 1.165) is 29.7 Å². The second kappa shape index (κ2) is 6.37. The predicted molar refractivity (Wildman–Crippen MR) is 91.9 cm³/mol. The van der Waals surface area contributed by atoms with E-state index in [2.05, 4.69) is 19.6 Å². The first-order chi connectivity index (χ1) is 9.82. The number of hydrogen-bond acceptors (Lipinski definition) is 2. The van der Waals surface area contributed by atoms with Gasteiger partial charge in [0.1, 0.15) is 5.75 Å². The van der Waals surface area contributed by atoms with E-state index in [0.29, 0.717) is 5.54 Å². The van der Waals surface area contributed by atoms with Crippen molar-refractivity contribution in [3.63, 3.8) is 0 Å². The Balaban J connectivity index is 2.18. The van der Waals surface area contributed by atoms with Crippen molar-refractivity contribution in [3.05, 3.63) is 35.4 Å². The smallest absolute Gasteiger partial charge is 0.176 e. The molecule has 2 nitrogen and oxygen atoms in total. The van der Waals surface area contributed by atoms with Gasteiger partial charge in [-0.05, 0) is 47.7 Å². The molecule has 0 saturated heterocycles. The lowest BCUT2D eigenvalue weighted by Crippen LogP contribution is -2.41. The zero-order valence-electron chi connectivity index (χ0n) is 13.2. The molecule has 1 aromatic rings. The summed E-state index contributed by atoms with van der Waals surface area (Å²) in [6.45, 7) is 6.87. The van der Waals surface area contributed by atoms with Crippen molar-refractivity contribution in [1.82, 2.24) is 0 Å². The number of benzene rings is 1. The summed E-state index contributed by atoms with van der Waals surface area (Å²) in [5.74, 6) is 0.937. The van der Waals surface area contributed by atoms with E-state index in [1.807, 2.05) is 30.3 Å². The Morgan fingerprint density at radius 3 is 2.38 bits per heavy atom. The van der Waals surface area contributed by atoms with Crippen LogP contribution in [0, 0.1) is 0 Å². The van der Waals surface area contributed by atoms with Crippen LogP contribution in [-0.2, 0) is 4.79 Å². The number of Topliss-reactive ketones (excluding diaryl/α,β-unsaturated/α-hetero) is 1. The highest BCUT2D eigenvalue weighted by molar-refractivity contribution is 6.79. The van der Waals surface area contributed by atoms with Crippen LogP contribution >= 0.6 is 11.6 Å². The van der Waals surface area contributed by atoms with E-state index in [4.69, 9.17) is 16.3 Å². The summed E-state index contributed by atoms with van der Waals surface area (Å²) in [6.07, 6.45) is 3.83. The second-order valence-corrected chi connectivity index (χ2v) is 12.7. The van der Waals surface area contributed by atoms with Crippen molar-refractivity contribution in [2.24, 2.45) is 0 Å². The minimum absolute atomic E-state index is 0.117. The average Bonchev–Trinajstić information content (AvgIpc) is 2.43. The Hall–Kier alpha value is -1.06. The summed E-state index contributed by atoms with van der Waals surface area (Å²) in [5.41, 5.74) is 2.25. The van der Waals surface area contributed by atoms with Gasteiger partial charge in [-0.2, -0.15) is 0 Å². The van der Waals surface area contributed by atoms with Gasteiger partial charge in [-0.3, -0.25) is 4.79 Å². The molecule has 2 atom stereocenters. The molecule has 0 spiro atoms. The molecule has 2 unspecified atom stereocenters. The number of carbonyl (C=O) groups is 1. The van der Waals surface area contributed by atoms with Crippen LogP contribution in [0.2, 0.25) is 25.2 Å². The molecule has 1 aliphatic carbocycles. The van der Waals surface area contributed by atoms with E-state index in [-0.39, 0.29) is 11.2 Å². The molecule has 1 aliphatic rings. The van der Waals surface area contributed by atoms with E-state index in [1.54, 1.807) is 7.11 Å². The maximum atomic E-state index is 12.5. The zero-order valence-corrected chi connectivity index (χ0v) is 14.9. The summed E-state index contributed by atoms with van der Waals surface area (Å²) in [4.78, 5) is 12.5. The number of allylic oxidation sites excluding steroid dienone is 1. The van der Waals surface area contributed by atoms with Crippen LogP contribution in [0.3, 0.4) is 0 Å². The SMILES string of the molecule is COc1ccc(C=C2CCC([Si](C)(C)C)C(Cl)C2=O)cc1. The number of ketones is 1.